The molecule has 23 heteroatoms. The van der Waals surface area contributed by atoms with E-state index in [2.05, 4.69) is 36.9 Å². The van der Waals surface area contributed by atoms with Crippen molar-refractivity contribution in [2.45, 2.75) is 108 Å². The van der Waals surface area contributed by atoms with E-state index in [1.165, 1.54) is 36.5 Å². The highest BCUT2D eigenvalue weighted by molar-refractivity contribution is 5.99. The average Bonchev–Trinajstić information content (AvgIpc) is 3.35. The molecule has 0 saturated carbocycles. The number of carbonyl (C=O) groups is 11. The van der Waals surface area contributed by atoms with Gasteiger partial charge in [0.1, 0.15) is 23.8 Å². The number of carboxylic acids is 5. The van der Waals surface area contributed by atoms with Crippen LogP contribution in [0.3, 0.4) is 0 Å². The molecule has 1 heterocycles. The number of ketones is 1. The van der Waals surface area contributed by atoms with Crippen molar-refractivity contribution in [2.75, 3.05) is 6.54 Å². The zero-order valence-corrected chi connectivity index (χ0v) is 40.3. The predicted octanol–water partition coefficient (Wildman–Crippen LogP) is 2.96. The van der Waals surface area contributed by atoms with Gasteiger partial charge in [-0.05, 0) is 91.1 Å². The van der Waals surface area contributed by atoms with Crippen LogP contribution in [0.5, 0.6) is 0 Å². The Morgan fingerprint density at radius 3 is 1.73 bits per heavy atom. The van der Waals surface area contributed by atoms with Gasteiger partial charge >= 0.3 is 35.9 Å². The van der Waals surface area contributed by atoms with E-state index >= 15 is 0 Å². The van der Waals surface area contributed by atoms with Gasteiger partial charge < -0.3 is 57.4 Å². The van der Waals surface area contributed by atoms with Gasteiger partial charge in [0.15, 0.2) is 5.78 Å². The number of urea groups is 1. The number of nitrogens with one attached hydrogen (secondary N) is 6. The molecular formula is C51H59N7O16. The van der Waals surface area contributed by atoms with Crippen LogP contribution in [0.2, 0.25) is 0 Å². The van der Waals surface area contributed by atoms with E-state index in [4.69, 9.17) is 5.11 Å². The van der Waals surface area contributed by atoms with Gasteiger partial charge in [-0.2, -0.15) is 0 Å². The molecular weight excluding hydrogens is 967 g/mol. The van der Waals surface area contributed by atoms with Gasteiger partial charge in [0, 0.05) is 62.9 Å². The number of Topliss-reactive ketones (excluding diaryl/α,β-unsaturated/α-hetero) is 1. The minimum Gasteiger partial charge on any atom is -0.481 e. The Morgan fingerprint density at radius 2 is 1.12 bits per heavy atom. The fourth-order valence-electron chi connectivity index (χ4n) is 7.53. The van der Waals surface area contributed by atoms with Crippen LogP contribution in [-0.4, -0.2) is 127 Å². The van der Waals surface area contributed by atoms with Crippen LogP contribution in [0.15, 0.2) is 85.1 Å². The van der Waals surface area contributed by atoms with E-state index < -0.39 is 127 Å². The van der Waals surface area contributed by atoms with Crippen molar-refractivity contribution in [1.29, 1.82) is 0 Å². The number of carboxylic acid groups (broad SMARTS) is 5. The molecule has 0 saturated heterocycles. The molecule has 0 aliphatic carbocycles. The normalized spacial score (nSPS) is 12.9. The summed E-state index contributed by atoms with van der Waals surface area (Å²) in [4.78, 5) is 141. The number of aromatic nitrogens is 1. The van der Waals surface area contributed by atoms with Crippen molar-refractivity contribution < 1.29 is 78.3 Å². The molecule has 0 radical (unpaired) electrons. The Balaban J connectivity index is 1.38. The number of amides is 6. The third-order valence-corrected chi connectivity index (χ3v) is 11.6. The lowest BCUT2D eigenvalue weighted by molar-refractivity contribution is -0.141. The van der Waals surface area contributed by atoms with Crippen molar-refractivity contribution in [1.82, 2.24) is 36.9 Å². The SMILES string of the molecule is Cc1ccc(C(=O)N[C@@H](CCC(=O)O)C(=O)C[C@@H](CCC(=O)O)C(=O)NCc2ccc(C(=O)NC(Cc3ccc4ccccc4c3)C(=O)NCCCC[C@H](NC(=O)N[C@@H](CCC(=O)O)C(=O)O)C(=O)O)cc2)nc1. The molecule has 3 aromatic carbocycles. The Hall–Kier alpha value is -8.76. The molecule has 0 aliphatic heterocycles. The smallest absolute Gasteiger partial charge is 0.326 e. The Kier molecular flexibility index (Phi) is 22.6. The molecule has 0 bridgehead atoms. The lowest BCUT2D eigenvalue weighted by atomic mass is 9.91. The molecule has 6 amide bonds. The monoisotopic (exact) mass is 1030 g/mol. The number of aryl methyl sites for hydroxylation is 1. The first-order chi connectivity index (χ1) is 35.2. The summed E-state index contributed by atoms with van der Waals surface area (Å²) in [6.07, 6.45) is -1.19. The summed E-state index contributed by atoms with van der Waals surface area (Å²) in [6.45, 7) is 1.69. The molecule has 5 atom stereocenters. The van der Waals surface area contributed by atoms with Crippen molar-refractivity contribution in [3.05, 3.63) is 113 Å². The second kappa shape index (κ2) is 28.9. The summed E-state index contributed by atoms with van der Waals surface area (Å²) in [5.74, 6) is -11.1. The number of hydrogen-bond donors (Lipinski definition) is 11. The molecule has 394 valence electrons. The quantitative estimate of drug-likeness (QED) is 0.0323. The maximum Gasteiger partial charge on any atom is 0.326 e. The van der Waals surface area contributed by atoms with Gasteiger partial charge in [-0.15, -0.1) is 0 Å². The van der Waals surface area contributed by atoms with Crippen LogP contribution < -0.4 is 31.9 Å². The summed E-state index contributed by atoms with van der Waals surface area (Å²) in [6, 6.07) is 15.6. The predicted molar refractivity (Wildman–Crippen MR) is 263 cm³/mol. The number of aliphatic carboxylic acids is 5. The maximum absolute atomic E-state index is 13.7. The van der Waals surface area contributed by atoms with Crippen molar-refractivity contribution >= 4 is 76.1 Å². The van der Waals surface area contributed by atoms with Crippen LogP contribution in [0.4, 0.5) is 4.79 Å². The molecule has 4 rings (SSSR count). The second-order valence-electron chi connectivity index (χ2n) is 17.4. The summed E-state index contributed by atoms with van der Waals surface area (Å²) in [5.41, 5.74) is 2.12. The van der Waals surface area contributed by atoms with Crippen molar-refractivity contribution in [2.24, 2.45) is 5.92 Å². The van der Waals surface area contributed by atoms with Crippen molar-refractivity contribution in [3.8, 4) is 0 Å². The first kappa shape index (κ1) is 57.8. The highest BCUT2D eigenvalue weighted by atomic mass is 16.4. The lowest BCUT2D eigenvalue weighted by Crippen LogP contribution is -2.51. The number of unbranched alkanes of at least 4 members (excludes halogenated alkanes) is 1. The Bertz CT molecular complexity index is 2680. The van der Waals surface area contributed by atoms with Crippen LogP contribution in [0.1, 0.15) is 102 Å². The van der Waals surface area contributed by atoms with Crippen molar-refractivity contribution in [3.63, 3.8) is 0 Å². The van der Waals surface area contributed by atoms with Crippen LogP contribution in [0.25, 0.3) is 10.8 Å². The van der Waals surface area contributed by atoms with E-state index in [0.29, 0.717) is 5.56 Å². The van der Waals surface area contributed by atoms with Crippen LogP contribution >= 0.6 is 0 Å². The van der Waals surface area contributed by atoms with Crippen LogP contribution in [-0.2, 0) is 51.3 Å². The standard InChI is InChI=1S/C51H59N7O16/c1-29-9-17-37(53-27-29)48(69)55-36(18-21-43(62)63)41(59)26-35(16-20-42(60)61)45(66)54-28-30-10-14-33(15-11-30)46(67)56-40(25-31-12-13-32-6-2-3-7-34(32)24-31)47(68)52-23-5-4-8-38(49(70)71)57-51(74)58-39(50(72)73)19-22-44(64)65/h2-3,6-7,9-15,17,24,27,35-36,38-40H,4-5,8,16,18-23,25-26,28H2,1H3,(H,52,68)(H,54,66)(H,55,69)(H,56,67)(H,60,61)(H,62,63)(H,64,65)(H,70,71)(H,72,73)(H2,57,58,74)/t35-,36+,38+,39+,40?/m1/s1. The third-order valence-electron chi connectivity index (χ3n) is 11.6. The average molecular weight is 1030 g/mol. The Morgan fingerprint density at radius 1 is 0.541 bits per heavy atom. The second-order valence-corrected chi connectivity index (χ2v) is 17.4. The minimum absolute atomic E-state index is 0.0224. The van der Waals surface area contributed by atoms with E-state index in [-0.39, 0.29) is 62.9 Å². The number of pyridine rings is 1. The van der Waals surface area contributed by atoms with E-state index in [1.54, 1.807) is 13.0 Å². The molecule has 1 unspecified atom stereocenters. The number of nitrogens with zero attached hydrogens (tertiary/aromatic N) is 1. The first-order valence-electron chi connectivity index (χ1n) is 23.6. The first-order valence-corrected chi connectivity index (χ1v) is 23.6. The maximum atomic E-state index is 13.7. The van der Waals surface area contributed by atoms with Gasteiger partial charge in [0.25, 0.3) is 11.8 Å². The summed E-state index contributed by atoms with van der Waals surface area (Å²) in [5, 5.41) is 63.3. The molecule has 4 aromatic rings. The Labute approximate surface area is 423 Å². The van der Waals surface area contributed by atoms with E-state index in [0.717, 1.165) is 21.9 Å². The molecule has 0 aliphatic rings. The molecule has 74 heavy (non-hydrogen) atoms. The van der Waals surface area contributed by atoms with Crippen LogP contribution in [0, 0.1) is 12.8 Å². The number of rotatable bonds is 31. The molecule has 0 spiro atoms. The highest BCUT2D eigenvalue weighted by Gasteiger charge is 2.30. The highest BCUT2D eigenvalue weighted by Crippen LogP contribution is 2.19. The van der Waals surface area contributed by atoms with Gasteiger partial charge in [-0.3, -0.25) is 43.3 Å². The number of fused-ring (bicyclic) bond motifs is 1. The van der Waals surface area contributed by atoms with Gasteiger partial charge in [0.2, 0.25) is 11.8 Å². The number of hydrogen-bond acceptors (Lipinski definition) is 12. The van der Waals surface area contributed by atoms with Gasteiger partial charge in [0.05, 0.1) is 6.04 Å². The molecule has 23 nitrogen and oxygen atoms in total. The lowest BCUT2D eigenvalue weighted by Gasteiger charge is -2.21. The zero-order valence-electron chi connectivity index (χ0n) is 40.3. The zero-order chi connectivity index (χ0) is 54.3. The summed E-state index contributed by atoms with van der Waals surface area (Å²) >= 11 is 0. The summed E-state index contributed by atoms with van der Waals surface area (Å²) < 4.78 is 0. The number of benzene rings is 3. The van der Waals surface area contributed by atoms with E-state index in [9.17, 15) is 73.2 Å². The fraction of sp³-hybridized carbons (Fsp3) is 0.373. The molecule has 11 N–H and O–H groups in total. The van der Waals surface area contributed by atoms with E-state index in [1.807, 2.05) is 42.5 Å². The van der Waals surface area contributed by atoms with Gasteiger partial charge in [-0.1, -0.05) is 60.7 Å². The molecule has 1 aromatic heterocycles. The minimum atomic E-state index is -1.57. The summed E-state index contributed by atoms with van der Waals surface area (Å²) in [7, 11) is 0. The molecule has 0 fully saturated rings. The fourth-order valence-corrected chi connectivity index (χ4v) is 7.53. The topological polar surface area (TPSA) is 374 Å². The largest absolute Gasteiger partial charge is 0.481 e. The van der Waals surface area contributed by atoms with Gasteiger partial charge in [-0.25, -0.2) is 14.4 Å². The number of carbonyl (C=O) groups excluding carboxylic acids is 6. The third kappa shape index (κ3) is 19.8.